The summed E-state index contributed by atoms with van der Waals surface area (Å²) in [5, 5.41) is 0. The summed E-state index contributed by atoms with van der Waals surface area (Å²) in [5.74, 6) is -0.496. The summed E-state index contributed by atoms with van der Waals surface area (Å²) >= 11 is 0. The number of rotatable bonds is 7. The molecule has 6 heteroatoms. The lowest BCUT2D eigenvalue weighted by atomic mass is 10.00. The zero-order chi connectivity index (χ0) is 21.3. The SMILES string of the molecule is CCN(CC)c1ccc(C(=O)NNC(=O)C[NH+]2CC=C(c3ccccc3)CC2)cc1. The van der Waals surface area contributed by atoms with E-state index in [1.54, 1.807) is 12.1 Å². The summed E-state index contributed by atoms with van der Waals surface area (Å²) in [4.78, 5) is 27.9. The van der Waals surface area contributed by atoms with E-state index >= 15 is 0 Å². The van der Waals surface area contributed by atoms with Crippen molar-refractivity contribution in [3.63, 3.8) is 0 Å². The van der Waals surface area contributed by atoms with Gasteiger partial charge in [-0.15, -0.1) is 0 Å². The van der Waals surface area contributed by atoms with E-state index in [0.29, 0.717) is 12.1 Å². The first-order valence-corrected chi connectivity index (χ1v) is 10.6. The Morgan fingerprint density at radius 1 is 0.967 bits per heavy atom. The lowest BCUT2D eigenvalue weighted by molar-refractivity contribution is -0.886. The van der Waals surface area contributed by atoms with Gasteiger partial charge in [0.1, 0.15) is 0 Å². The number of quaternary nitrogens is 1. The van der Waals surface area contributed by atoms with Crippen molar-refractivity contribution in [2.75, 3.05) is 37.6 Å². The molecule has 3 rings (SSSR count). The summed E-state index contributed by atoms with van der Waals surface area (Å²) in [5.41, 5.74) is 9.24. The van der Waals surface area contributed by atoms with Gasteiger partial charge in [0, 0.05) is 30.8 Å². The second kappa shape index (κ2) is 10.6. The fourth-order valence-electron chi connectivity index (χ4n) is 3.74. The van der Waals surface area contributed by atoms with Gasteiger partial charge in [0.15, 0.2) is 6.54 Å². The van der Waals surface area contributed by atoms with Gasteiger partial charge in [0.05, 0.1) is 13.1 Å². The zero-order valence-electron chi connectivity index (χ0n) is 17.8. The minimum atomic E-state index is -0.311. The van der Waals surface area contributed by atoms with E-state index < -0.39 is 0 Å². The van der Waals surface area contributed by atoms with Crippen LogP contribution in [0.4, 0.5) is 5.69 Å². The molecular formula is C24H31N4O2+. The maximum absolute atomic E-state index is 12.3. The Hall–Kier alpha value is -3.12. The van der Waals surface area contributed by atoms with E-state index in [4.69, 9.17) is 0 Å². The predicted octanol–water partition coefficient (Wildman–Crippen LogP) is 1.67. The number of nitrogens with one attached hydrogen (secondary N) is 3. The molecule has 0 fully saturated rings. The Morgan fingerprint density at radius 3 is 2.27 bits per heavy atom. The standard InChI is InChI=1S/C24H30N4O2/c1-3-28(4-2)22-12-10-21(11-13-22)24(30)26-25-23(29)18-27-16-14-20(15-17-27)19-8-6-5-7-9-19/h5-14H,3-4,15-18H2,1-2H3,(H,25,29)(H,26,30)/p+1. The number of hydrogen-bond acceptors (Lipinski definition) is 3. The molecule has 1 aliphatic heterocycles. The number of benzene rings is 2. The van der Waals surface area contributed by atoms with Crippen molar-refractivity contribution in [1.29, 1.82) is 0 Å². The average Bonchev–Trinajstić information content (AvgIpc) is 2.80. The van der Waals surface area contributed by atoms with E-state index in [-0.39, 0.29) is 11.8 Å². The summed E-state index contributed by atoms with van der Waals surface area (Å²) in [6.07, 6.45) is 3.15. The van der Waals surface area contributed by atoms with Gasteiger partial charge in [0.25, 0.3) is 11.8 Å². The maximum atomic E-state index is 12.3. The molecule has 0 aliphatic carbocycles. The Morgan fingerprint density at radius 2 is 1.67 bits per heavy atom. The number of amides is 2. The van der Waals surface area contributed by atoms with E-state index in [1.165, 1.54) is 16.0 Å². The van der Waals surface area contributed by atoms with Gasteiger partial charge in [-0.1, -0.05) is 30.3 Å². The molecule has 2 aromatic carbocycles. The van der Waals surface area contributed by atoms with E-state index in [2.05, 4.69) is 47.8 Å². The third-order valence-corrected chi connectivity index (χ3v) is 5.51. The van der Waals surface area contributed by atoms with Gasteiger partial charge in [-0.3, -0.25) is 20.4 Å². The van der Waals surface area contributed by atoms with Crippen molar-refractivity contribution >= 4 is 23.1 Å². The van der Waals surface area contributed by atoms with Gasteiger partial charge < -0.3 is 9.80 Å². The summed E-state index contributed by atoms with van der Waals surface area (Å²) in [6, 6.07) is 17.8. The number of carbonyl (C=O) groups is 2. The number of anilines is 1. The molecule has 30 heavy (non-hydrogen) atoms. The topological polar surface area (TPSA) is 65.9 Å². The van der Waals surface area contributed by atoms with Crippen LogP contribution in [0.1, 0.15) is 36.2 Å². The van der Waals surface area contributed by atoms with Gasteiger partial charge in [0.2, 0.25) is 0 Å². The van der Waals surface area contributed by atoms with Crippen LogP contribution in [0.15, 0.2) is 60.7 Å². The number of nitrogens with zero attached hydrogens (tertiary/aromatic N) is 1. The molecule has 1 aliphatic rings. The Balaban J connectivity index is 1.44. The highest BCUT2D eigenvalue weighted by atomic mass is 16.2. The molecule has 1 unspecified atom stereocenters. The van der Waals surface area contributed by atoms with Crippen LogP contribution < -0.4 is 20.7 Å². The molecule has 0 saturated carbocycles. The average molecular weight is 408 g/mol. The lowest BCUT2D eigenvalue weighted by Gasteiger charge is -2.23. The van der Waals surface area contributed by atoms with Crippen molar-refractivity contribution in [2.45, 2.75) is 20.3 Å². The lowest BCUT2D eigenvalue weighted by Crippen LogP contribution is -3.13. The molecule has 1 heterocycles. The second-order valence-corrected chi connectivity index (χ2v) is 7.45. The second-order valence-electron chi connectivity index (χ2n) is 7.45. The minimum absolute atomic E-state index is 0.185. The van der Waals surface area contributed by atoms with Crippen LogP contribution in [-0.2, 0) is 4.79 Å². The van der Waals surface area contributed by atoms with Crippen molar-refractivity contribution in [2.24, 2.45) is 0 Å². The van der Waals surface area contributed by atoms with Gasteiger partial charge in [-0.05, 0) is 55.3 Å². The molecule has 158 valence electrons. The van der Waals surface area contributed by atoms with Crippen LogP contribution >= 0.6 is 0 Å². The molecule has 2 aromatic rings. The summed E-state index contributed by atoms with van der Waals surface area (Å²) in [7, 11) is 0. The third-order valence-electron chi connectivity index (χ3n) is 5.51. The van der Waals surface area contributed by atoms with Crippen LogP contribution in [-0.4, -0.2) is 44.5 Å². The van der Waals surface area contributed by atoms with Crippen LogP contribution in [0, 0.1) is 0 Å². The third kappa shape index (κ3) is 5.70. The monoisotopic (exact) mass is 407 g/mol. The molecule has 0 saturated heterocycles. The van der Waals surface area contributed by atoms with Crippen LogP contribution in [0.5, 0.6) is 0 Å². The van der Waals surface area contributed by atoms with Crippen molar-refractivity contribution < 1.29 is 14.5 Å². The molecule has 0 radical (unpaired) electrons. The Bertz CT molecular complexity index is 874. The maximum Gasteiger partial charge on any atom is 0.293 e. The van der Waals surface area contributed by atoms with E-state index in [1.807, 2.05) is 30.3 Å². The van der Waals surface area contributed by atoms with E-state index in [0.717, 1.165) is 38.3 Å². The quantitative estimate of drug-likeness (QED) is 0.612. The van der Waals surface area contributed by atoms with Crippen LogP contribution in [0.2, 0.25) is 0 Å². The molecule has 0 aromatic heterocycles. The zero-order valence-corrected chi connectivity index (χ0v) is 17.8. The highest BCUT2D eigenvalue weighted by Gasteiger charge is 2.19. The molecule has 0 bridgehead atoms. The number of carbonyl (C=O) groups excluding carboxylic acids is 2. The highest BCUT2D eigenvalue weighted by Crippen LogP contribution is 2.17. The Labute approximate surface area is 178 Å². The smallest absolute Gasteiger partial charge is 0.293 e. The normalized spacial score (nSPS) is 15.8. The van der Waals surface area contributed by atoms with Gasteiger partial charge in [-0.2, -0.15) is 0 Å². The van der Waals surface area contributed by atoms with E-state index in [9.17, 15) is 9.59 Å². The molecule has 3 N–H and O–H groups in total. The first-order valence-electron chi connectivity index (χ1n) is 10.6. The van der Waals surface area contributed by atoms with Crippen molar-refractivity contribution in [3.8, 4) is 0 Å². The molecular weight excluding hydrogens is 376 g/mol. The first kappa shape index (κ1) is 21.6. The molecule has 1 atom stereocenters. The fourth-order valence-corrected chi connectivity index (χ4v) is 3.74. The summed E-state index contributed by atoms with van der Waals surface area (Å²) < 4.78 is 0. The fraction of sp³-hybridized carbons (Fsp3) is 0.333. The van der Waals surface area contributed by atoms with Gasteiger partial charge >= 0.3 is 0 Å². The minimum Gasteiger partial charge on any atom is -0.372 e. The van der Waals surface area contributed by atoms with Crippen molar-refractivity contribution in [3.05, 3.63) is 71.8 Å². The first-order chi connectivity index (χ1) is 14.6. The van der Waals surface area contributed by atoms with Crippen LogP contribution in [0.3, 0.4) is 0 Å². The van der Waals surface area contributed by atoms with Crippen molar-refractivity contribution in [1.82, 2.24) is 10.9 Å². The predicted molar refractivity (Wildman–Crippen MR) is 120 cm³/mol. The highest BCUT2D eigenvalue weighted by molar-refractivity contribution is 5.95. The van der Waals surface area contributed by atoms with Gasteiger partial charge in [-0.25, -0.2) is 0 Å². The molecule has 2 amide bonds. The largest absolute Gasteiger partial charge is 0.372 e. The number of hydrazine groups is 1. The summed E-state index contributed by atoms with van der Waals surface area (Å²) in [6.45, 7) is 8.06. The molecule has 0 spiro atoms. The Kier molecular flexibility index (Phi) is 7.63. The molecule has 6 nitrogen and oxygen atoms in total. The number of hydrogen-bond donors (Lipinski definition) is 3. The van der Waals surface area contributed by atoms with Crippen LogP contribution in [0.25, 0.3) is 5.57 Å².